The number of halogens is 1. The molecule has 0 saturated heterocycles. The van der Waals surface area contributed by atoms with Crippen LogP contribution < -0.4 is 15.1 Å². The first-order valence-corrected chi connectivity index (χ1v) is 11.8. The Hall–Kier alpha value is -3.38. The van der Waals surface area contributed by atoms with Crippen LogP contribution in [0.2, 0.25) is 0 Å². The van der Waals surface area contributed by atoms with Crippen molar-refractivity contribution in [2.45, 2.75) is 25.8 Å². The minimum atomic E-state index is -0.598. The average molecular weight is 504 g/mol. The maximum Gasteiger partial charge on any atom is 0.295 e. The molecule has 0 fully saturated rings. The van der Waals surface area contributed by atoms with Gasteiger partial charge < -0.3 is 9.15 Å². The van der Waals surface area contributed by atoms with Crippen LogP contribution in [0.3, 0.4) is 0 Å². The molecule has 1 unspecified atom stereocenters. The van der Waals surface area contributed by atoms with Crippen molar-refractivity contribution in [2.24, 2.45) is 0 Å². The molecule has 0 radical (unpaired) electrons. The number of carbonyl (C=O) groups is 1. The number of rotatable bonds is 6. The summed E-state index contributed by atoms with van der Waals surface area (Å²) in [6.07, 6.45) is 2.04. The van der Waals surface area contributed by atoms with E-state index in [1.54, 1.807) is 23.1 Å². The van der Waals surface area contributed by atoms with E-state index in [0.717, 1.165) is 28.6 Å². The van der Waals surface area contributed by atoms with Crippen molar-refractivity contribution >= 4 is 38.5 Å². The predicted molar refractivity (Wildman–Crippen MR) is 132 cm³/mol. The van der Waals surface area contributed by atoms with Gasteiger partial charge in [-0.05, 0) is 54.4 Å². The molecule has 0 aliphatic carbocycles. The first-order valence-electron chi connectivity index (χ1n) is 11.0. The molecule has 3 aromatic carbocycles. The third kappa shape index (κ3) is 3.85. The minimum Gasteiger partial charge on any atom is -0.494 e. The molecule has 5 rings (SSSR count). The van der Waals surface area contributed by atoms with Crippen molar-refractivity contribution in [1.82, 2.24) is 0 Å². The van der Waals surface area contributed by atoms with Crippen LogP contribution in [0.15, 0.2) is 86.5 Å². The van der Waals surface area contributed by atoms with E-state index < -0.39 is 6.04 Å². The number of carbonyl (C=O) groups excluding carboxylic acids is 1. The molecule has 0 saturated carbocycles. The number of anilines is 1. The molecule has 0 spiro atoms. The summed E-state index contributed by atoms with van der Waals surface area (Å²) in [6, 6.07) is 21.6. The molecule has 0 bridgehead atoms. The Labute approximate surface area is 199 Å². The number of hydrogen-bond donors (Lipinski definition) is 0. The summed E-state index contributed by atoms with van der Waals surface area (Å²) in [5.74, 6) is 0.524. The largest absolute Gasteiger partial charge is 0.494 e. The quantitative estimate of drug-likeness (QED) is 0.282. The number of nitrogens with zero attached hydrogens (tertiary/aromatic N) is 1. The highest BCUT2D eigenvalue weighted by Gasteiger charge is 2.43. The fourth-order valence-electron chi connectivity index (χ4n) is 4.20. The zero-order chi connectivity index (χ0) is 22.9. The molecule has 1 aliphatic rings. The van der Waals surface area contributed by atoms with Gasteiger partial charge >= 0.3 is 0 Å². The Balaban J connectivity index is 1.67. The van der Waals surface area contributed by atoms with Crippen LogP contribution in [0.4, 0.5) is 5.69 Å². The number of amides is 1. The molecular formula is C27H22BrNO4. The topological polar surface area (TPSA) is 59.8 Å². The number of benzene rings is 3. The van der Waals surface area contributed by atoms with E-state index in [2.05, 4.69) is 22.9 Å². The lowest BCUT2D eigenvalue weighted by atomic mass is 9.98. The van der Waals surface area contributed by atoms with Crippen molar-refractivity contribution in [3.05, 3.63) is 104 Å². The molecule has 4 aromatic rings. The van der Waals surface area contributed by atoms with E-state index in [1.165, 1.54) is 0 Å². The minimum absolute atomic E-state index is 0.0898. The van der Waals surface area contributed by atoms with Crippen LogP contribution in [-0.2, 0) is 0 Å². The second-order valence-electron chi connectivity index (χ2n) is 8.00. The highest BCUT2D eigenvalue weighted by molar-refractivity contribution is 9.10. The number of ether oxygens (including phenoxy) is 1. The van der Waals surface area contributed by atoms with E-state index >= 15 is 0 Å². The Bertz CT molecular complexity index is 1380. The summed E-state index contributed by atoms with van der Waals surface area (Å²) in [5, 5.41) is 0.440. The van der Waals surface area contributed by atoms with Gasteiger partial charge in [0.1, 0.15) is 11.3 Å². The van der Waals surface area contributed by atoms with Gasteiger partial charge in [0, 0.05) is 10.2 Å². The highest BCUT2D eigenvalue weighted by atomic mass is 79.9. The van der Waals surface area contributed by atoms with Crippen molar-refractivity contribution in [3.8, 4) is 5.75 Å². The zero-order valence-corrected chi connectivity index (χ0v) is 19.7. The van der Waals surface area contributed by atoms with Crippen LogP contribution in [0.1, 0.15) is 47.5 Å². The SMILES string of the molecule is CCCCOc1ccc(C2c3c(oc4ccc(Br)cc4c3=O)C(=O)N2c2ccccc2)cc1. The molecule has 0 N–H and O–H groups in total. The molecule has 6 heteroatoms. The van der Waals surface area contributed by atoms with Gasteiger partial charge in [-0.3, -0.25) is 14.5 Å². The van der Waals surface area contributed by atoms with Gasteiger partial charge in [-0.15, -0.1) is 0 Å². The third-order valence-electron chi connectivity index (χ3n) is 5.83. The summed E-state index contributed by atoms with van der Waals surface area (Å²) in [4.78, 5) is 28.8. The van der Waals surface area contributed by atoms with E-state index in [1.807, 2.05) is 54.6 Å². The lowest BCUT2D eigenvalue weighted by molar-refractivity contribution is 0.0971. The van der Waals surface area contributed by atoms with E-state index in [9.17, 15) is 9.59 Å². The van der Waals surface area contributed by atoms with Gasteiger partial charge in [0.25, 0.3) is 5.91 Å². The van der Waals surface area contributed by atoms with Crippen LogP contribution >= 0.6 is 15.9 Å². The first kappa shape index (κ1) is 21.5. The molecule has 33 heavy (non-hydrogen) atoms. The molecule has 1 aliphatic heterocycles. The zero-order valence-electron chi connectivity index (χ0n) is 18.1. The van der Waals surface area contributed by atoms with Gasteiger partial charge in [-0.2, -0.15) is 0 Å². The lowest BCUT2D eigenvalue weighted by Crippen LogP contribution is -2.29. The summed E-state index contributed by atoms with van der Waals surface area (Å²) in [6.45, 7) is 2.77. The van der Waals surface area contributed by atoms with Crippen LogP contribution in [0.5, 0.6) is 5.75 Å². The lowest BCUT2D eigenvalue weighted by Gasteiger charge is -2.25. The average Bonchev–Trinajstić information content (AvgIpc) is 3.13. The number of fused-ring (bicyclic) bond motifs is 2. The van der Waals surface area contributed by atoms with Crippen molar-refractivity contribution in [1.29, 1.82) is 0 Å². The van der Waals surface area contributed by atoms with Gasteiger partial charge in [0.2, 0.25) is 5.76 Å². The van der Waals surface area contributed by atoms with Gasteiger partial charge in [-0.1, -0.05) is 59.6 Å². The molecule has 166 valence electrons. The third-order valence-corrected chi connectivity index (χ3v) is 6.32. The van der Waals surface area contributed by atoms with E-state index in [4.69, 9.17) is 9.15 Å². The van der Waals surface area contributed by atoms with E-state index in [0.29, 0.717) is 28.8 Å². The predicted octanol–water partition coefficient (Wildman–Crippen LogP) is 6.48. The summed E-state index contributed by atoms with van der Waals surface area (Å²) >= 11 is 3.43. The van der Waals surface area contributed by atoms with Gasteiger partial charge in [-0.25, -0.2) is 0 Å². The molecule has 1 aromatic heterocycles. The Morgan fingerprint density at radius 3 is 2.48 bits per heavy atom. The van der Waals surface area contributed by atoms with Crippen molar-refractivity contribution in [2.75, 3.05) is 11.5 Å². The van der Waals surface area contributed by atoms with Gasteiger partial charge in [0.05, 0.1) is 23.6 Å². The fraction of sp³-hybridized carbons (Fsp3) is 0.185. The fourth-order valence-corrected chi connectivity index (χ4v) is 4.56. The summed E-state index contributed by atoms with van der Waals surface area (Å²) in [5.41, 5.74) is 2.06. The highest BCUT2D eigenvalue weighted by Crippen LogP contribution is 2.41. The maximum absolute atomic E-state index is 13.6. The molecule has 2 heterocycles. The Kier molecular flexibility index (Phi) is 5.77. The van der Waals surface area contributed by atoms with Crippen LogP contribution in [-0.4, -0.2) is 12.5 Å². The number of hydrogen-bond acceptors (Lipinski definition) is 4. The second-order valence-corrected chi connectivity index (χ2v) is 8.91. The summed E-state index contributed by atoms with van der Waals surface area (Å²) < 4.78 is 12.6. The van der Waals surface area contributed by atoms with E-state index in [-0.39, 0.29) is 17.1 Å². The smallest absolute Gasteiger partial charge is 0.295 e. The number of para-hydroxylation sites is 1. The normalized spacial score (nSPS) is 15.2. The standard InChI is InChI=1S/C27H22BrNO4/c1-2-3-15-32-20-12-9-17(10-13-20)24-23-25(30)21-16-18(28)11-14-22(21)33-26(23)27(31)29(24)19-7-5-4-6-8-19/h4-14,16,24H,2-3,15H2,1H3. The Morgan fingerprint density at radius 1 is 1.00 bits per heavy atom. The van der Waals surface area contributed by atoms with Crippen LogP contribution in [0.25, 0.3) is 11.0 Å². The van der Waals surface area contributed by atoms with Crippen molar-refractivity contribution < 1.29 is 13.9 Å². The number of unbranched alkanes of at least 4 members (excludes halogenated alkanes) is 1. The molecular weight excluding hydrogens is 482 g/mol. The van der Waals surface area contributed by atoms with Crippen molar-refractivity contribution in [3.63, 3.8) is 0 Å². The molecule has 1 atom stereocenters. The summed E-state index contributed by atoms with van der Waals surface area (Å²) in [7, 11) is 0. The molecule has 1 amide bonds. The molecule has 5 nitrogen and oxygen atoms in total. The maximum atomic E-state index is 13.6. The second kappa shape index (κ2) is 8.87. The van der Waals surface area contributed by atoms with Crippen LogP contribution in [0, 0.1) is 0 Å². The Morgan fingerprint density at radius 2 is 1.76 bits per heavy atom. The monoisotopic (exact) mass is 503 g/mol. The first-order chi connectivity index (χ1) is 16.1. The van der Waals surface area contributed by atoms with Gasteiger partial charge in [0.15, 0.2) is 5.43 Å².